The molecule has 6 nitrogen and oxygen atoms in total. The number of hydrogen-bond donors (Lipinski definition) is 2. The predicted octanol–water partition coefficient (Wildman–Crippen LogP) is 4.71. The van der Waals surface area contributed by atoms with E-state index in [2.05, 4.69) is 39.3 Å². The Morgan fingerprint density at radius 3 is 2.61 bits per heavy atom. The van der Waals surface area contributed by atoms with E-state index in [-0.39, 0.29) is 0 Å². The van der Waals surface area contributed by atoms with Gasteiger partial charge in [-0.25, -0.2) is 15.0 Å². The van der Waals surface area contributed by atoms with Crippen molar-refractivity contribution < 1.29 is 0 Å². The van der Waals surface area contributed by atoms with Crippen molar-refractivity contribution >= 4 is 34.0 Å². The quantitative estimate of drug-likeness (QED) is 0.554. The summed E-state index contributed by atoms with van der Waals surface area (Å²) in [5, 5.41) is 8.19. The topological polar surface area (TPSA) is 66.0 Å². The maximum atomic E-state index is 6.41. The van der Waals surface area contributed by atoms with Gasteiger partial charge in [-0.2, -0.15) is 0 Å². The van der Waals surface area contributed by atoms with Gasteiger partial charge in [0.2, 0.25) is 5.95 Å². The van der Waals surface area contributed by atoms with Gasteiger partial charge in [0.15, 0.2) is 5.13 Å². The maximum absolute atomic E-state index is 6.41. The second kappa shape index (κ2) is 9.32. The van der Waals surface area contributed by atoms with Crippen LogP contribution < -0.4 is 10.6 Å². The SMILES string of the molecule is CC(C)Nc1ncc(-c2cc(-c3ccccc3Cl)nc(NCCN(C)C)n2)s1. The Morgan fingerprint density at radius 1 is 1.14 bits per heavy atom. The monoisotopic (exact) mass is 416 g/mol. The lowest BCUT2D eigenvalue weighted by Crippen LogP contribution is -2.21. The zero-order valence-corrected chi connectivity index (χ0v) is 18.1. The first-order valence-electron chi connectivity index (χ1n) is 9.17. The van der Waals surface area contributed by atoms with E-state index in [1.165, 1.54) is 0 Å². The van der Waals surface area contributed by atoms with Gasteiger partial charge in [0.25, 0.3) is 0 Å². The highest BCUT2D eigenvalue weighted by atomic mass is 35.5. The Balaban J connectivity index is 1.97. The predicted molar refractivity (Wildman–Crippen MR) is 119 cm³/mol. The molecule has 0 bridgehead atoms. The number of anilines is 2. The minimum absolute atomic E-state index is 0.325. The highest BCUT2D eigenvalue weighted by Crippen LogP contribution is 2.33. The normalized spacial score (nSPS) is 11.2. The molecule has 1 aromatic carbocycles. The second-order valence-corrected chi connectivity index (χ2v) is 8.44. The summed E-state index contributed by atoms with van der Waals surface area (Å²) in [6.45, 7) is 5.82. The summed E-state index contributed by atoms with van der Waals surface area (Å²) >= 11 is 7.99. The molecule has 0 radical (unpaired) electrons. The summed E-state index contributed by atoms with van der Waals surface area (Å²) < 4.78 is 0. The van der Waals surface area contributed by atoms with Crippen LogP contribution in [0.4, 0.5) is 11.1 Å². The highest BCUT2D eigenvalue weighted by Gasteiger charge is 2.13. The number of rotatable bonds is 8. The zero-order chi connectivity index (χ0) is 20.1. The van der Waals surface area contributed by atoms with Gasteiger partial charge in [-0.15, -0.1) is 0 Å². The zero-order valence-electron chi connectivity index (χ0n) is 16.5. The first kappa shape index (κ1) is 20.5. The van der Waals surface area contributed by atoms with Crippen LogP contribution in [0, 0.1) is 0 Å². The van der Waals surface area contributed by atoms with Crippen molar-refractivity contribution in [1.82, 2.24) is 19.9 Å². The summed E-state index contributed by atoms with van der Waals surface area (Å²) in [5.74, 6) is 0.584. The molecule has 0 aliphatic carbocycles. The number of nitrogens with zero attached hydrogens (tertiary/aromatic N) is 4. The van der Waals surface area contributed by atoms with Crippen molar-refractivity contribution in [2.24, 2.45) is 0 Å². The van der Waals surface area contributed by atoms with Gasteiger partial charge < -0.3 is 15.5 Å². The third-order valence-corrected chi connectivity index (χ3v) is 5.17. The summed E-state index contributed by atoms with van der Waals surface area (Å²) in [6.07, 6.45) is 1.84. The highest BCUT2D eigenvalue weighted by molar-refractivity contribution is 7.18. The molecule has 0 atom stereocenters. The lowest BCUT2D eigenvalue weighted by molar-refractivity contribution is 0.425. The van der Waals surface area contributed by atoms with Crippen molar-refractivity contribution in [1.29, 1.82) is 0 Å². The molecule has 0 aliphatic rings. The molecular weight excluding hydrogens is 392 g/mol. The van der Waals surface area contributed by atoms with E-state index >= 15 is 0 Å². The molecular formula is C20H25ClN6S. The number of benzene rings is 1. The minimum Gasteiger partial charge on any atom is -0.359 e. The Morgan fingerprint density at radius 2 is 1.89 bits per heavy atom. The first-order chi connectivity index (χ1) is 13.4. The number of halogens is 1. The minimum atomic E-state index is 0.325. The van der Waals surface area contributed by atoms with Crippen molar-refractivity contribution in [3.8, 4) is 21.8 Å². The van der Waals surface area contributed by atoms with Crippen LogP contribution in [-0.4, -0.2) is 53.1 Å². The molecule has 0 saturated carbocycles. The van der Waals surface area contributed by atoms with Crippen LogP contribution in [-0.2, 0) is 0 Å². The Hall–Kier alpha value is -2.22. The number of likely N-dealkylation sites (N-methyl/N-ethyl adjacent to an activating group) is 1. The fraction of sp³-hybridized carbons (Fsp3) is 0.350. The fourth-order valence-electron chi connectivity index (χ4n) is 2.56. The molecule has 28 heavy (non-hydrogen) atoms. The Labute approximate surface area is 175 Å². The van der Waals surface area contributed by atoms with E-state index in [4.69, 9.17) is 16.6 Å². The van der Waals surface area contributed by atoms with Crippen LogP contribution in [0.3, 0.4) is 0 Å². The molecule has 0 spiro atoms. The van der Waals surface area contributed by atoms with Crippen molar-refractivity contribution in [3.05, 3.63) is 41.6 Å². The molecule has 2 heterocycles. The van der Waals surface area contributed by atoms with Crippen LogP contribution in [0.5, 0.6) is 0 Å². The van der Waals surface area contributed by atoms with Gasteiger partial charge in [-0.05, 0) is 40.1 Å². The van der Waals surface area contributed by atoms with Gasteiger partial charge >= 0.3 is 0 Å². The molecule has 3 rings (SSSR count). The first-order valence-corrected chi connectivity index (χ1v) is 10.4. The molecule has 2 aromatic heterocycles. The lowest BCUT2D eigenvalue weighted by Gasteiger charge is -2.12. The van der Waals surface area contributed by atoms with E-state index in [0.717, 1.165) is 40.0 Å². The lowest BCUT2D eigenvalue weighted by atomic mass is 10.1. The summed E-state index contributed by atoms with van der Waals surface area (Å²) in [4.78, 5) is 16.9. The van der Waals surface area contributed by atoms with E-state index in [0.29, 0.717) is 17.0 Å². The molecule has 148 valence electrons. The van der Waals surface area contributed by atoms with Gasteiger partial charge in [0.1, 0.15) is 0 Å². The molecule has 0 fully saturated rings. The van der Waals surface area contributed by atoms with Crippen molar-refractivity contribution in [2.45, 2.75) is 19.9 Å². The average molecular weight is 417 g/mol. The van der Waals surface area contributed by atoms with E-state index in [1.54, 1.807) is 11.3 Å². The van der Waals surface area contributed by atoms with Crippen molar-refractivity contribution in [3.63, 3.8) is 0 Å². The fourth-order valence-corrected chi connectivity index (χ4v) is 3.71. The third kappa shape index (κ3) is 5.41. The number of hydrogen-bond acceptors (Lipinski definition) is 7. The van der Waals surface area contributed by atoms with E-state index < -0.39 is 0 Å². The largest absolute Gasteiger partial charge is 0.359 e. The van der Waals surface area contributed by atoms with Crippen LogP contribution in [0.25, 0.3) is 21.8 Å². The molecule has 8 heteroatoms. The number of nitrogens with one attached hydrogen (secondary N) is 2. The summed E-state index contributed by atoms with van der Waals surface area (Å²) in [6, 6.07) is 10.00. The molecule has 2 N–H and O–H groups in total. The molecule has 0 saturated heterocycles. The molecule has 0 unspecified atom stereocenters. The summed E-state index contributed by atoms with van der Waals surface area (Å²) in [5.41, 5.74) is 2.50. The van der Waals surface area contributed by atoms with Gasteiger partial charge in [0, 0.05) is 35.9 Å². The van der Waals surface area contributed by atoms with E-state index in [1.807, 2.05) is 50.6 Å². The average Bonchev–Trinajstić information content (AvgIpc) is 3.09. The Bertz CT molecular complexity index is 925. The third-order valence-electron chi connectivity index (χ3n) is 3.89. The van der Waals surface area contributed by atoms with Gasteiger partial charge in [-0.1, -0.05) is 41.1 Å². The summed E-state index contributed by atoms with van der Waals surface area (Å²) in [7, 11) is 4.07. The van der Waals surface area contributed by atoms with Crippen LogP contribution in [0.1, 0.15) is 13.8 Å². The van der Waals surface area contributed by atoms with Crippen LogP contribution in [0.15, 0.2) is 36.5 Å². The number of aromatic nitrogens is 3. The van der Waals surface area contributed by atoms with Crippen molar-refractivity contribution in [2.75, 3.05) is 37.8 Å². The molecule has 0 aliphatic heterocycles. The smallest absolute Gasteiger partial charge is 0.223 e. The standard InChI is InChI=1S/C20H25ClN6S/c1-13(2)24-20-23-12-18(28-20)17-11-16(14-7-5-6-8-15(14)21)25-19(26-17)22-9-10-27(3)4/h5-8,11-13H,9-10H2,1-4H3,(H,23,24)(H,22,25,26). The van der Waals surface area contributed by atoms with Gasteiger partial charge in [0.05, 0.1) is 16.3 Å². The van der Waals surface area contributed by atoms with Crippen LogP contribution in [0.2, 0.25) is 5.02 Å². The molecule has 0 amide bonds. The van der Waals surface area contributed by atoms with E-state index in [9.17, 15) is 0 Å². The van der Waals surface area contributed by atoms with Gasteiger partial charge in [-0.3, -0.25) is 0 Å². The Kier molecular flexibility index (Phi) is 6.83. The van der Waals surface area contributed by atoms with Crippen LogP contribution >= 0.6 is 22.9 Å². The number of thiazole rings is 1. The molecule has 3 aromatic rings. The maximum Gasteiger partial charge on any atom is 0.223 e. The second-order valence-electron chi connectivity index (χ2n) is 7.00.